The lowest BCUT2D eigenvalue weighted by atomic mass is 9.99. The van der Waals surface area contributed by atoms with Gasteiger partial charge in [0.1, 0.15) is 5.76 Å². The van der Waals surface area contributed by atoms with Gasteiger partial charge in [-0.3, -0.25) is 10.2 Å². The maximum absolute atomic E-state index is 11.9. The van der Waals surface area contributed by atoms with Crippen LogP contribution in [0.1, 0.15) is 31.4 Å². The molecule has 0 aliphatic carbocycles. The van der Waals surface area contributed by atoms with Gasteiger partial charge in [-0.1, -0.05) is 11.6 Å². The molecule has 2 N–H and O–H groups in total. The number of aromatic nitrogens is 1. The van der Waals surface area contributed by atoms with Gasteiger partial charge in [-0.15, -0.1) is 0 Å². The maximum atomic E-state index is 11.9. The van der Waals surface area contributed by atoms with Crippen molar-refractivity contribution in [2.24, 2.45) is 0 Å². The summed E-state index contributed by atoms with van der Waals surface area (Å²) in [6.07, 6.45) is 4.78. The van der Waals surface area contributed by atoms with Gasteiger partial charge in [0.25, 0.3) is 0 Å². The minimum Gasteiger partial charge on any atom is -0.360 e. The van der Waals surface area contributed by atoms with Crippen molar-refractivity contribution in [3.8, 4) is 0 Å². The minimum absolute atomic E-state index is 0.189. The number of fused-ring (bicyclic) bond motifs is 1. The number of nitrogens with zero attached hydrogens (tertiary/aromatic N) is 2. The van der Waals surface area contributed by atoms with E-state index in [2.05, 4.69) is 20.7 Å². The molecular formula is C13H20N4O2. The molecule has 6 heteroatoms. The van der Waals surface area contributed by atoms with Crippen molar-refractivity contribution in [1.29, 1.82) is 0 Å². The fraction of sp³-hybridized carbons (Fsp3) is 0.692. The van der Waals surface area contributed by atoms with Gasteiger partial charge in [-0.05, 0) is 32.7 Å². The maximum Gasteiger partial charge on any atom is 0.320 e. The first-order valence-electron chi connectivity index (χ1n) is 6.97. The molecule has 6 nitrogen and oxygen atoms in total. The van der Waals surface area contributed by atoms with E-state index in [1.165, 1.54) is 25.8 Å². The van der Waals surface area contributed by atoms with E-state index in [9.17, 15) is 4.79 Å². The highest BCUT2D eigenvalue weighted by atomic mass is 16.5. The molecule has 0 radical (unpaired) electrons. The summed E-state index contributed by atoms with van der Waals surface area (Å²) >= 11 is 0. The van der Waals surface area contributed by atoms with Gasteiger partial charge in [0.2, 0.25) is 0 Å². The Bertz CT molecular complexity index is 459. The Balaban J connectivity index is 1.54. The predicted molar refractivity (Wildman–Crippen MR) is 71.0 cm³/mol. The summed E-state index contributed by atoms with van der Waals surface area (Å²) in [6, 6.07) is 2.29. The normalized spacial score (nSPS) is 27.0. The topological polar surface area (TPSA) is 70.4 Å². The molecule has 2 fully saturated rings. The van der Waals surface area contributed by atoms with Crippen LogP contribution in [0.2, 0.25) is 0 Å². The highest BCUT2D eigenvalue weighted by molar-refractivity contribution is 5.88. The summed E-state index contributed by atoms with van der Waals surface area (Å²) < 4.78 is 4.92. The zero-order chi connectivity index (χ0) is 13.2. The lowest BCUT2D eigenvalue weighted by molar-refractivity contribution is 0.180. The number of hydrogen-bond acceptors (Lipinski definition) is 4. The summed E-state index contributed by atoms with van der Waals surface area (Å²) in [5, 5.41) is 9.53. The summed E-state index contributed by atoms with van der Waals surface area (Å²) in [5.74, 6) is 1.16. The smallest absolute Gasteiger partial charge is 0.320 e. The summed E-state index contributed by atoms with van der Waals surface area (Å²) in [4.78, 5) is 14.4. The van der Waals surface area contributed by atoms with Crippen LogP contribution in [0.15, 0.2) is 10.6 Å². The standard InChI is InChI=1S/C13H20N4O2/c1-9-8-12(16-19-9)15-13(18)14-10-5-7-17-6-3-2-4-11(10)17/h8,10-11H,2-7H2,1H3,(H2,14,15,16,18). The molecule has 0 aromatic carbocycles. The number of urea groups is 1. The highest BCUT2D eigenvalue weighted by Crippen LogP contribution is 2.27. The largest absolute Gasteiger partial charge is 0.360 e. The zero-order valence-electron chi connectivity index (χ0n) is 11.2. The molecule has 2 atom stereocenters. The van der Waals surface area contributed by atoms with Crippen LogP contribution in [-0.2, 0) is 0 Å². The Labute approximate surface area is 112 Å². The van der Waals surface area contributed by atoms with Crippen molar-refractivity contribution in [2.75, 3.05) is 18.4 Å². The second-order valence-corrected chi connectivity index (χ2v) is 5.42. The molecule has 0 saturated carbocycles. The predicted octanol–water partition coefficient (Wildman–Crippen LogP) is 1.73. The monoisotopic (exact) mass is 264 g/mol. The Hall–Kier alpha value is -1.56. The van der Waals surface area contributed by atoms with Crippen molar-refractivity contribution in [3.63, 3.8) is 0 Å². The van der Waals surface area contributed by atoms with Gasteiger partial charge >= 0.3 is 6.03 Å². The lowest BCUT2D eigenvalue weighted by Gasteiger charge is -2.32. The second kappa shape index (κ2) is 5.21. The average molecular weight is 264 g/mol. The molecule has 2 saturated heterocycles. The van der Waals surface area contributed by atoms with Crippen LogP contribution in [0.4, 0.5) is 10.6 Å². The van der Waals surface area contributed by atoms with Crippen LogP contribution in [0.25, 0.3) is 0 Å². The molecule has 104 valence electrons. The molecule has 2 unspecified atom stereocenters. The molecule has 1 aromatic rings. The van der Waals surface area contributed by atoms with Crippen molar-refractivity contribution in [3.05, 3.63) is 11.8 Å². The van der Waals surface area contributed by atoms with Gasteiger partial charge in [0.15, 0.2) is 5.82 Å². The number of hydrogen-bond donors (Lipinski definition) is 2. The van der Waals surface area contributed by atoms with Crippen molar-refractivity contribution in [2.45, 2.75) is 44.7 Å². The van der Waals surface area contributed by atoms with Gasteiger partial charge in [0, 0.05) is 24.7 Å². The van der Waals surface area contributed by atoms with Crippen molar-refractivity contribution < 1.29 is 9.32 Å². The Kier molecular flexibility index (Phi) is 3.42. The van der Waals surface area contributed by atoms with E-state index in [1.54, 1.807) is 13.0 Å². The molecule has 3 heterocycles. The van der Waals surface area contributed by atoms with Crippen LogP contribution < -0.4 is 10.6 Å². The third kappa shape index (κ3) is 2.73. The van der Waals surface area contributed by atoms with Crippen LogP contribution in [0.5, 0.6) is 0 Å². The fourth-order valence-electron chi connectivity index (χ4n) is 3.16. The Morgan fingerprint density at radius 3 is 3.11 bits per heavy atom. The van der Waals surface area contributed by atoms with Gasteiger partial charge in [-0.2, -0.15) is 0 Å². The first-order chi connectivity index (χ1) is 9.22. The minimum atomic E-state index is -0.189. The van der Waals surface area contributed by atoms with Crippen LogP contribution in [-0.4, -0.2) is 41.3 Å². The first-order valence-corrected chi connectivity index (χ1v) is 6.97. The quantitative estimate of drug-likeness (QED) is 0.853. The van der Waals surface area contributed by atoms with E-state index in [-0.39, 0.29) is 12.1 Å². The summed E-state index contributed by atoms with van der Waals surface area (Å²) in [6.45, 7) is 4.07. The van der Waals surface area contributed by atoms with E-state index in [4.69, 9.17) is 4.52 Å². The molecule has 19 heavy (non-hydrogen) atoms. The summed E-state index contributed by atoms with van der Waals surface area (Å²) in [5.41, 5.74) is 0. The molecule has 2 aliphatic heterocycles. The number of amides is 2. The van der Waals surface area contributed by atoms with Gasteiger partial charge in [0.05, 0.1) is 0 Å². The molecule has 2 aliphatic rings. The molecule has 0 spiro atoms. The van der Waals surface area contributed by atoms with Crippen molar-refractivity contribution in [1.82, 2.24) is 15.4 Å². The molecular weight excluding hydrogens is 244 g/mol. The number of rotatable bonds is 2. The molecule has 1 aromatic heterocycles. The lowest BCUT2D eigenvalue weighted by Crippen LogP contribution is -2.47. The van der Waals surface area contributed by atoms with Crippen molar-refractivity contribution >= 4 is 11.8 Å². The SMILES string of the molecule is Cc1cc(NC(=O)NC2CCN3CCCCC23)no1. The second-order valence-electron chi connectivity index (χ2n) is 5.42. The number of piperidine rings is 1. The molecule has 0 bridgehead atoms. The zero-order valence-corrected chi connectivity index (χ0v) is 11.2. The van der Waals surface area contributed by atoms with Gasteiger partial charge < -0.3 is 9.84 Å². The average Bonchev–Trinajstić information content (AvgIpc) is 2.97. The van der Waals surface area contributed by atoms with E-state index in [0.717, 1.165) is 13.0 Å². The molecule has 2 amide bonds. The number of aryl methyl sites for hydroxylation is 1. The third-order valence-electron chi connectivity index (χ3n) is 4.04. The fourth-order valence-corrected chi connectivity index (χ4v) is 3.16. The van der Waals surface area contributed by atoms with E-state index in [1.807, 2.05) is 0 Å². The van der Waals surface area contributed by atoms with Gasteiger partial charge in [-0.25, -0.2) is 4.79 Å². The number of carbonyl (C=O) groups is 1. The Morgan fingerprint density at radius 1 is 1.42 bits per heavy atom. The van der Waals surface area contributed by atoms with E-state index in [0.29, 0.717) is 17.6 Å². The molecule has 3 rings (SSSR count). The number of anilines is 1. The third-order valence-corrected chi connectivity index (χ3v) is 4.04. The van der Waals surface area contributed by atoms with Crippen LogP contribution in [0.3, 0.4) is 0 Å². The number of carbonyl (C=O) groups excluding carboxylic acids is 1. The van der Waals surface area contributed by atoms with E-state index >= 15 is 0 Å². The highest BCUT2D eigenvalue weighted by Gasteiger charge is 2.36. The number of nitrogens with one attached hydrogen (secondary N) is 2. The van der Waals surface area contributed by atoms with Crippen LogP contribution in [0, 0.1) is 6.92 Å². The van der Waals surface area contributed by atoms with Crippen LogP contribution >= 0.6 is 0 Å². The summed E-state index contributed by atoms with van der Waals surface area (Å²) in [7, 11) is 0. The Morgan fingerprint density at radius 2 is 2.32 bits per heavy atom. The first kappa shape index (κ1) is 12.5. The van der Waals surface area contributed by atoms with E-state index < -0.39 is 0 Å².